The van der Waals surface area contributed by atoms with Gasteiger partial charge in [0.1, 0.15) is 0 Å². The lowest BCUT2D eigenvalue weighted by Gasteiger charge is -2.16. The minimum atomic E-state index is -0.864. The van der Waals surface area contributed by atoms with Gasteiger partial charge in [0.2, 0.25) is 5.95 Å². The summed E-state index contributed by atoms with van der Waals surface area (Å²) < 4.78 is 4.89. The molecule has 1 aromatic heterocycles. The zero-order valence-electron chi connectivity index (χ0n) is 12.7. The number of hydrogen-bond donors (Lipinski definition) is 2. The molecule has 2 N–H and O–H groups in total. The van der Waals surface area contributed by atoms with E-state index in [1.807, 2.05) is 13.8 Å². The van der Waals surface area contributed by atoms with E-state index in [4.69, 9.17) is 9.84 Å². The van der Waals surface area contributed by atoms with Crippen LogP contribution in [-0.4, -0.2) is 40.2 Å². The van der Waals surface area contributed by atoms with E-state index in [9.17, 15) is 9.59 Å². The number of nitrogens with one attached hydrogen (secondary N) is 1. The van der Waals surface area contributed by atoms with Crippen LogP contribution in [0.15, 0.2) is 6.20 Å². The van der Waals surface area contributed by atoms with Gasteiger partial charge in [-0.15, -0.1) is 0 Å². The van der Waals surface area contributed by atoms with Crippen molar-refractivity contribution in [1.29, 1.82) is 0 Å². The molecule has 1 aromatic rings. The molecule has 0 bridgehead atoms. The number of rotatable bonds is 7. The number of carboxylic acids is 1. The summed E-state index contributed by atoms with van der Waals surface area (Å²) >= 11 is 0. The standard InChI is InChI=1S/C14H21N3O4/c1-5-21-13(20)11-7-16-14(17-9(11)4)15-6-10(8(2)3)12(18)19/h7-8,10H,5-6H2,1-4H3,(H,18,19)(H,15,16,17). The molecule has 21 heavy (non-hydrogen) atoms. The summed E-state index contributed by atoms with van der Waals surface area (Å²) in [5.41, 5.74) is 0.795. The van der Waals surface area contributed by atoms with Gasteiger partial charge in [-0.2, -0.15) is 0 Å². The number of nitrogens with zero attached hydrogens (tertiary/aromatic N) is 2. The molecule has 0 aliphatic carbocycles. The average Bonchev–Trinajstić information content (AvgIpc) is 2.38. The monoisotopic (exact) mass is 295 g/mol. The Balaban J connectivity index is 2.76. The highest BCUT2D eigenvalue weighted by molar-refractivity contribution is 5.90. The van der Waals surface area contributed by atoms with Crippen LogP contribution in [0.2, 0.25) is 0 Å². The number of aryl methyl sites for hydroxylation is 1. The van der Waals surface area contributed by atoms with E-state index in [0.29, 0.717) is 17.2 Å². The zero-order chi connectivity index (χ0) is 16.0. The summed E-state index contributed by atoms with van der Waals surface area (Å²) in [5, 5.41) is 12.0. The third-order valence-corrected chi connectivity index (χ3v) is 3.08. The Kier molecular flexibility index (Phi) is 6.08. The molecule has 1 atom stereocenters. The molecule has 0 aromatic carbocycles. The van der Waals surface area contributed by atoms with Crippen LogP contribution in [-0.2, 0) is 9.53 Å². The molecule has 0 spiro atoms. The van der Waals surface area contributed by atoms with Crippen molar-refractivity contribution in [3.63, 3.8) is 0 Å². The topological polar surface area (TPSA) is 101 Å². The first-order valence-electron chi connectivity index (χ1n) is 6.84. The smallest absolute Gasteiger partial charge is 0.341 e. The SMILES string of the molecule is CCOC(=O)c1cnc(NCC(C(=O)O)C(C)C)nc1C. The van der Waals surface area contributed by atoms with Crippen LogP contribution in [0.25, 0.3) is 0 Å². The molecular formula is C14H21N3O4. The summed E-state index contributed by atoms with van der Waals surface area (Å²) in [7, 11) is 0. The Bertz CT molecular complexity index is 517. The molecular weight excluding hydrogens is 274 g/mol. The van der Waals surface area contributed by atoms with Gasteiger partial charge < -0.3 is 15.2 Å². The van der Waals surface area contributed by atoms with Crippen LogP contribution in [0.3, 0.4) is 0 Å². The van der Waals surface area contributed by atoms with Crippen LogP contribution >= 0.6 is 0 Å². The van der Waals surface area contributed by atoms with E-state index < -0.39 is 17.9 Å². The van der Waals surface area contributed by atoms with Crippen molar-refractivity contribution in [2.75, 3.05) is 18.5 Å². The van der Waals surface area contributed by atoms with Gasteiger partial charge in [-0.05, 0) is 19.8 Å². The van der Waals surface area contributed by atoms with E-state index in [0.717, 1.165) is 0 Å². The molecule has 0 radical (unpaired) electrons. The predicted molar refractivity (Wildman–Crippen MR) is 77.2 cm³/mol. The lowest BCUT2D eigenvalue weighted by Crippen LogP contribution is -2.28. The number of carbonyl (C=O) groups excluding carboxylic acids is 1. The van der Waals surface area contributed by atoms with Crippen molar-refractivity contribution in [3.8, 4) is 0 Å². The van der Waals surface area contributed by atoms with Crippen LogP contribution < -0.4 is 5.32 Å². The first kappa shape index (κ1) is 16.9. The van der Waals surface area contributed by atoms with Crippen LogP contribution in [0, 0.1) is 18.8 Å². The fourth-order valence-corrected chi connectivity index (χ4v) is 1.77. The average molecular weight is 295 g/mol. The first-order chi connectivity index (χ1) is 9.86. The molecule has 0 aliphatic heterocycles. The summed E-state index contributed by atoms with van der Waals surface area (Å²) in [6.07, 6.45) is 1.38. The minimum absolute atomic E-state index is 0.00472. The number of carbonyl (C=O) groups is 2. The zero-order valence-corrected chi connectivity index (χ0v) is 12.7. The summed E-state index contributed by atoms with van der Waals surface area (Å²) in [6, 6.07) is 0. The van der Waals surface area contributed by atoms with Gasteiger partial charge in [0.15, 0.2) is 0 Å². The van der Waals surface area contributed by atoms with Crippen molar-refractivity contribution in [2.24, 2.45) is 11.8 Å². The number of esters is 1. The van der Waals surface area contributed by atoms with E-state index in [1.54, 1.807) is 13.8 Å². The van der Waals surface area contributed by atoms with E-state index in [1.165, 1.54) is 6.20 Å². The molecule has 1 rings (SSSR count). The van der Waals surface area contributed by atoms with Gasteiger partial charge >= 0.3 is 11.9 Å². The van der Waals surface area contributed by atoms with Gasteiger partial charge in [0, 0.05) is 12.7 Å². The maximum atomic E-state index is 11.6. The van der Waals surface area contributed by atoms with Crippen molar-refractivity contribution < 1.29 is 19.4 Å². The maximum Gasteiger partial charge on any atom is 0.341 e. The van der Waals surface area contributed by atoms with Gasteiger partial charge in [-0.3, -0.25) is 4.79 Å². The second kappa shape index (κ2) is 7.56. The molecule has 0 saturated carbocycles. The van der Waals surface area contributed by atoms with Crippen molar-refractivity contribution in [1.82, 2.24) is 9.97 Å². The molecule has 116 valence electrons. The van der Waals surface area contributed by atoms with Crippen LogP contribution in [0.1, 0.15) is 36.8 Å². The van der Waals surface area contributed by atoms with Gasteiger partial charge in [-0.1, -0.05) is 13.8 Å². The Morgan fingerprint density at radius 2 is 2.10 bits per heavy atom. The molecule has 0 saturated heterocycles. The Morgan fingerprint density at radius 3 is 2.57 bits per heavy atom. The fraction of sp³-hybridized carbons (Fsp3) is 0.571. The third-order valence-electron chi connectivity index (χ3n) is 3.08. The van der Waals surface area contributed by atoms with Crippen LogP contribution in [0.4, 0.5) is 5.95 Å². The van der Waals surface area contributed by atoms with E-state index >= 15 is 0 Å². The number of anilines is 1. The summed E-state index contributed by atoms with van der Waals surface area (Å²) in [4.78, 5) is 30.9. The molecule has 1 unspecified atom stereocenters. The lowest BCUT2D eigenvalue weighted by atomic mass is 9.96. The molecule has 7 nitrogen and oxygen atoms in total. The fourth-order valence-electron chi connectivity index (χ4n) is 1.77. The van der Waals surface area contributed by atoms with Crippen LogP contribution in [0.5, 0.6) is 0 Å². The number of aromatic nitrogens is 2. The third kappa shape index (κ3) is 4.70. The Hall–Kier alpha value is -2.18. The quantitative estimate of drug-likeness (QED) is 0.738. The van der Waals surface area contributed by atoms with Gasteiger partial charge in [-0.25, -0.2) is 14.8 Å². The Morgan fingerprint density at radius 1 is 1.43 bits per heavy atom. The number of ether oxygens (including phenoxy) is 1. The first-order valence-corrected chi connectivity index (χ1v) is 6.84. The van der Waals surface area contributed by atoms with Crippen molar-refractivity contribution in [3.05, 3.63) is 17.5 Å². The highest BCUT2D eigenvalue weighted by Crippen LogP contribution is 2.13. The largest absolute Gasteiger partial charge is 0.481 e. The predicted octanol–water partition coefficient (Wildman–Crippen LogP) is 1.73. The van der Waals surface area contributed by atoms with E-state index in [2.05, 4.69) is 15.3 Å². The minimum Gasteiger partial charge on any atom is -0.481 e. The molecule has 7 heteroatoms. The van der Waals surface area contributed by atoms with E-state index in [-0.39, 0.29) is 19.1 Å². The normalized spacial score (nSPS) is 12.0. The number of hydrogen-bond acceptors (Lipinski definition) is 6. The lowest BCUT2D eigenvalue weighted by molar-refractivity contribution is -0.142. The summed E-state index contributed by atoms with van der Waals surface area (Å²) in [5.74, 6) is -1.56. The second-order valence-corrected chi connectivity index (χ2v) is 4.98. The summed E-state index contributed by atoms with van der Waals surface area (Å²) in [6.45, 7) is 7.60. The molecule has 1 heterocycles. The molecule has 0 fully saturated rings. The maximum absolute atomic E-state index is 11.6. The number of carboxylic acid groups (broad SMARTS) is 1. The molecule has 0 amide bonds. The van der Waals surface area contributed by atoms with Crippen molar-refractivity contribution >= 4 is 17.9 Å². The van der Waals surface area contributed by atoms with Gasteiger partial charge in [0.05, 0.1) is 23.8 Å². The number of aliphatic carboxylic acids is 1. The molecule has 0 aliphatic rings. The second-order valence-electron chi connectivity index (χ2n) is 4.98. The Labute approximate surface area is 123 Å². The van der Waals surface area contributed by atoms with Gasteiger partial charge in [0.25, 0.3) is 0 Å². The van der Waals surface area contributed by atoms with Crippen molar-refractivity contribution in [2.45, 2.75) is 27.7 Å². The highest BCUT2D eigenvalue weighted by Gasteiger charge is 2.21. The highest BCUT2D eigenvalue weighted by atomic mass is 16.5.